The summed E-state index contributed by atoms with van der Waals surface area (Å²) in [6, 6.07) is 3.87. The fourth-order valence-corrected chi connectivity index (χ4v) is 3.59. The summed E-state index contributed by atoms with van der Waals surface area (Å²) in [5.41, 5.74) is 2.18. The summed E-state index contributed by atoms with van der Waals surface area (Å²) in [5.74, 6) is 0.740. The van der Waals surface area contributed by atoms with Crippen LogP contribution in [0.4, 0.5) is 0 Å². The minimum atomic E-state index is -3.51. The van der Waals surface area contributed by atoms with Crippen molar-refractivity contribution in [2.45, 2.75) is 27.7 Å². The van der Waals surface area contributed by atoms with Crippen LogP contribution in [0.2, 0.25) is 0 Å². The van der Waals surface area contributed by atoms with Crippen molar-refractivity contribution in [1.82, 2.24) is 0 Å². The zero-order valence-corrected chi connectivity index (χ0v) is 15.3. The van der Waals surface area contributed by atoms with E-state index in [0.717, 1.165) is 21.3 Å². The Balaban J connectivity index is 2.78. The molecule has 3 nitrogen and oxygen atoms in total. The second-order valence-corrected chi connectivity index (χ2v) is 9.01. The number of rotatable bonds is 6. The van der Waals surface area contributed by atoms with Gasteiger partial charge in [-0.05, 0) is 43.0 Å². The first-order valence-electron chi connectivity index (χ1n) is 6.42. The van der Waals surface area contributed by atoms with E-state index in [9.17, 15) is 8.42 Å². The average Bonchev–Trinajstić information content (AvgIpc) is 2.29. The normalized spacial score (nSPS) is 13.6. The molecule has 0 fully saturated rings. The van der Waals surface area contributed by atoms with Crippen LogP contribution in [-0.2, 0) is 9.05 Å². The molecule has 1 rings (SSSR count). The zero-order valence-electron chi connectivity index (χ0n) is 12.1. The van der Waals surface area contributed by atoms with Crippen LogP contribution >= 0.6 is 26.6 Å². The molecule has 0 radical (unpaired) electrons. The number of benzene rings is 1. The molecule has 0 aliphatic rings. The molecule has 0 amide bonds. The van der Waals surface area contributed by atoms with E-state index >= 15 is 0 Å². The summed E-state index contributed by atoms with van der Waals surface area (Å²) in [5, 5.41) is 0. The summed E-state index contributed by atoms with van der Waals surface area (Å²) in [6.07, 6.45) is 0. The van der Waals surface area contributed by atoms with E-state index in [-0.39, 0.29) is 17.6 Å². The minimum absolute atomic E-state index is 0.0687. The average molecular weight is 384 g/mol. The lowest BCUT2D eigenvalue weighted by molar-refractivity contribution is 0.225. The van der Waals surface area contributed by atoms with Gasteiger partial charge >= 0.3 is 0 Å². The molecule has 0 bridgehead atoms. The Morgan fingerprint density at radius 3 is 2.15 bits per heavy atom. The molecule has 1 atom stereocenters. The first kappa shape index (κ1) is 17.8. The van der Waals surface area contributed by atoms with Gasteiger partial charge in [0.25, 0.3) is 0 Å². The monoisotopic (exact) mass is 382 g/mol. The minimum Gasteiger partial charge on any atom is -0.493 e. The van der Waals surface area contributed by atoms with Crippen molar-refractivity contribution in [3.63, 3.8) is 0 Å². The summed E-state index contributed by atoms with van der Waals surface area (Å²) < 4.78 is 29.2. The van der Waals surface area contributed by atoms with Crippen molar-refractivity contribution in [3.05, 3.63) is 27.7 Å². The Morgan fingerprint density at radius 1 is 1.25 bits per heavy atom. The highest BCUT2D eigenvalue weighted by atomic mass is 79.9. The molecule has 6 heteroatoms. The molecule has 0 heterocycles. The van der Waals surface area contributed by atoms with Gasteiger partial charge in [0.15, 0.2) is 0 Å². The lowest BCUT2D eigenvalue weighted by Crippen LogP contribution is -2.24. The Morgan fingerprint density at radius 2 is 1.75 bits per heavy atom. The van der Waals surface area contributed by atoms with Gasteiger partial charge in [-0.15, -0.1) is 0 Å². The van der Waals surface area contributed by atoms with Crippen molar-refractivity contribution in [1.29, 1.82) is 0 Å². The highest BCUT2D eigenvalue weighted by Crippen LogP contribution is 2.27. The highest BCUT2D eigenvalue weighted by Gasteiger charge is 2.21. The van der Waals surface area contributed by atoms with Gasteiger partial charge < -0.3 is 4.74 Å². The maximum atomic E-state index is 11.2. The van der Waals surface area contributed by atoms with Crippen molar-refractivity contribution in [2.75, 3.05) is 12.4 Å². The van der Waals surface area contributed by atoms with E-state index in [2.05, 4.69) is 15.9 Å². The molecule has 0 aliphatic heterocycles. The van der Waals surface area contributed by atoms with Gasteiger partial charge in [0.05, 0.1) is 12.4 Å². The topological polar surface area (TPSA) is 43.4 Å². The standard InChI is InChI=1S/C14H20BrClO3S/c1-9(2)12(8-20(16,17)18)7-19-13-5-10(3)14(15)11(4)6-13/h5-6,9,12H,7-8H2,1-4H3. The van der Waals surface area contributed by atoms with Crippen LogP contribution in [0.5, 0.6) is 5.75 Å². The largest absolute Gasteiger partial charge is 0.493 e. The maximum absolute atomic E-state index is 11.2. The SMILES string of the molecule is Cc1cc(OCC(CS(=O)(=O)Cl)C(C)C)cc(C)c1Br. The van der Waals surface area contributed by atoms with Crippen LogP contribution in [0.15, 0.2) is 16.6 Å². The van der Waals surface area contributed by atoms with Gasteiger partial charge in [-0.3, -0.25) is 0 Å². The second kappa shape index (κ2) is 7.14. The second-order valence-electron chi connectivity index (χ2n) is 5.39. The van der Waals surface area contributed by atoms with E-state index in [1.54, 1.807) is 0 Å². The van der Waals surface area contributed by atoms with Crippen LogP contribution < -0.4 is 4.74 Å². The van der Waals surface area contributed by atoms with E-state index in [4.69, 9.17) is 15.4 Å². The first-order valence-corrected chi connectivity index (χ1v) is 9.69. The predicted molar refractivity (Wildman–Crippen MR) is 87.1 cm³/mol. The van der Waals surface area contributed by atoms with Crippen LogP contribution in [0.1, 0.15) is 25.0 Å². The van der Waals surface area contributed by atoms with Gasteiger partial charge in [0.2, 0.25) is 9.05 Å². The molecular weight excluding hydrogens is 364 g/mol. The fraction of sp³-hybridized carbons (Fsp3) is 0.571. The van der Waals surface area contributed by atoms with Crippen LogP contribution in [0.3, 0.4) is 0 Å². The summed E-state index contributed by atoms with van der Waals surface area (Å²) in [7, 11) is 1.82. The molecule has 0 saturated carbocycles. The molecular formula is C14H20BrClO3S. The Hall–Kier alpha value is -0.260. The molecule has 0 saturated heterocycles. The molecule has 1 aromatic rings. The van der Waals surface area contributed by atoms with E-state index in [1.807, 2.05) is 39.8 Å². The van der Waals surface area contributed by atoms with Gasteiger partial charge in [0.1, 0.15) is 5.75 Å². The van der Waals surface area contributed by atoms with Crippen molar-refractivity contribution in [3.8, 4) is 5.75 Å². The lowest BCUT2D eigenvalue weighted by atomic mass is 9.99. The van der Waals surface area contributed by atoms with E-state index in [0.29, 0.717) is 6.61 Å². The molecule has 20 heavy (non-hydrogen) atoms. The lowest BCUT2D eigenvalue weighted by Gasteiger charge is -2.20. The van der Waals surface area contributed by atoms with Crippen molar-refractivity contribution in [2.24, 2.45) is 11.8 Å². The van der Waals surface area contributed by atoms with E-state index in [1.165, 1.54) is 0 Å². The highest BCUT2D eigenvalue weighted by molar-refractivity contribution is 9.10. The number of halogens is 2. The number of hydrogen-bond donors (Lipinski definition) is 0. The van der Waals surface area contributed by atoms with Gasteiger partial charge in [0, 0.05) is 21.1 Å². The molecule has 1 aromatic carbocycles. The summed E-state index contributed by atoms with van der Waals surface area (Å²) >= 11 is 3.50. The molecule has 0 N–H and O–H groups in total. The first-order chi connectivity index (χ1) is 9.10. The molecule has 1 unspecified atom stereocenters. The van der Waals surface area contributed by atoms with Crippen LogP contribution in [0.25, 0.3) is 0 Å². The van der Waals surface area contributed by atoms with E-state index < -0.39 is 9.05 Å². The summed E-state index contributed by atoms with van der Waals surface area (Å²) in [6.45, 7) is 8.26. The quantitative estimate of drug-likeness (QED) is 0.688. The van der Waals surface area contributed by atoms with Crippen molar-refractivity contribution < 1.29 is 13.2 Å². The van der Waals surface area contributed by atoms with Crippen LogP contribution in [0, 0.1) is 25.7 Å². The Bertz CT molecular complexity index is 547. The Labute approximate surface area is 134 Å². The zero-order chi connectivity index (χ0) is 15.5. The number of ether oxygens (including phenoxy) is 1. The van der Waals surface area contributed by atoms with Gasteiger partial charge in [-0.25, -0.2) is 8.42 Å². The molecule has 0 spiro atoms. The van der Waals surface area contributed by atoms with Crippen molar-refractivity contribution >= 4 is 35.7 Å². The molecule has 0 aromatic heterocycles. The third-order valence-corrected chi connectivity index (χ3v) is 5.69. The Kier molecular flexibility index (Phi) is 6.35. The maximum Gasteiger partial charge on any atom is 0.233 e. The van der Waals surface area contributed by atoms with Crippen LogP contribution in [-0.4, -0.2) is 20.8 Å². The molecule has 114 valence electrons. The fourth-order valence-electron chi connectivity index (χ4n) is 1.88. The molecule has 0 aliphatic carbocycles. The van der Waals surface area contributed by atoms with Gasteiger partial charge in [-0.1, -0.05) is 29.8 Å². The third kappa shape index (κ3) is 5.62. The predicted octanol–water partition coefficient (Wildman–Crippen LogP) is 4.29. The van der Waals surface area contributed by atoms with Gasteiger partial charge in [-0.2, -0.15) is 0 Å². The smallest absolute Gasteiger partial charge is 0.233 e. The third-order valence-electron chi connectivity index (χ3n) is 3.23. The summed E-state index contributed by atoms with van der Waals surface area (Å²) in [4.78, 5) is 0. The number of hydrogen-bond acceptors (Lipinski definition) is 3. The number of aryl methyl sites for hydroxylation is 2.